The minimum Gasteiger partial charge on any atom is -0.502 e. The lowest BCUT2D eigenvalue weighted by molar-refractivity contribution is 0.181. The molecule has 28 heavy (non-hydrogen) atoms. The fourth-order valence-corrected chi connectivity index (χ4v) is 3.74. The Balaban J connectivity index is 1.67. The molecule has 4 rings (SSSR count). The topological polar surface area (TPSA) is 78.6 Å². The van der Waals surface area contributed by atoms with Crippen molar-refractivity contribution in [3.05, 3.63) is 54.6 Å². The molecule has 0 radical (unpaired) electrons. The van der Waals surface area contributed by atoms with Crippen molar-refractivity contribution in [1.29, 1.82) is 0 Å². The standard InChI is InChI=1S/C21H23N3O4/c1-26-18-10-15(11-19(27-2)20(18)25)21-23-7-8-24(21)17-13-28-12-16(17)9-14-3-5-22-6-4-14/h3-8,10-11,16-17,25H,9,12-13H2,1-2H3/t16-,17-/m1/s1. The van der Waals surface area contributed by atoms with E-state index in [0.29, 0.717) is 30.6 Å². The maximum atomic E-state index is 10.2. The van der Waals surface area contributed by atoms with E-state index in [-0.39, 0.29) is 11.8 Å². The molecule has 1 fully saturated rings. The highest BCUT2D eigenvalue weighted by atomic mass is 16.5. The molecule has 0 aliphatic carbocycles. The summed E-state index contributed by atoms with van der Waals surface area (Å²) in [6.45, 7) is 1.33. The van der Waals surface area contributed by atoms with Gasteiger partial charge in [-0.2, -0.15) is 0 Å². The van der Waals surface area contributed by atoms with E-state index in [1.165, 1.54) is 19.8 Å². The van der Waals surface area contributed by atoms with Crippen LogP contribution >= 0.6 is 0 Å². The average molecular weight is 381 g/mol. The van der Waals surface area contributed by atoms with E-state index in [1.54, 1.807) is 18.3 Å². The Labute approximate surface area is 163 Å². The number of hydrogen-bond donors (Lipinski definition) is 1. The summed E-state index contributed by atoms with van der Waals surface area (Å²) in [5.41, 5.74) is 2.05. The van der Waals surface area contributed by atoms with Gasteiger partial charge in [-0.1, -0.05) is 0 Å². The normalized spacial score (nSPS) is 18.9. The van der Waals surface area contributed by atoms with E-state index in [2.05, 4.69) is 14.5 Å². The molecule has 7 nitrogen and oxygen atoms in total. The average Bonchev–Trinajstić information content (AvgIpc) is 3.38. The highest BCUT2D eigenvalue weighted by molar-refractivity contribution is 5.66. The summed E-state index contributed by atoms with van der Waals surface area (Å²) in [4.78, 5) is 8.65. The second-order valence-corrected chi connectivity index (χ2v) is 6.81. The van der Waals surface area contributed by atoms with Gasteiger partial charge >= 0.3 is 0 Å². The molecule has 2 atom stereocenters. The third-order valence-corrected chi connectivity index (χ3v) is 5.18. The first-order valence-corrected chi connectivity index (χ1v) is 9.16. The van der Waals surface area contributed by atoms with E-state index in [1.807, 2.05) is 30.7 Å². The zero-order chi connectivity index (χ0) is 19.5. The Bertz CT molecular complexity index is 917. The van der Waals surface area contributed by atoms with E-state index >= 15 is 0 Å². The maximum Gasteiger partial charge on any atom is 0.200 e. The summed E-state index contributed by atoms with van der Waals surface area (Å²) in [7, 11) is 3.03. The molecule has 3 aromatic rings. The first-order chi connectivity index (χ1) is 13.7. The molecule has 3 heterocycles. The molecule has 7 heteroatoms. The molecule has 0 amide bonds. The predicted octanol–water partition coefficient (Wildman–Crippen LogP) is 3.10. The molecule has 1 aliphatic heterocycles. The number of aromatic nitrogens is 3. The smallest absolute Gasteiger partial charge is 0.200 e. The van der Waals surface area contributed by atoms with Gasteiger partial charge in [-0.15, -0.1) is 0 Å². The zero-order valence-corrected chi connectivity index (χ0v) is 15.9. The minimum atomic E-state index is -0.0216. The number of ether oxygens (including phenoxy) is 3. The number of nitrogens with zero attached hydrogens (tertiary/aromatic N) is 3. The van der Waals surface area contributed by atoms with Gasteiger partial charge in [-0.05, 0) is 36.2 Å². The van der Waals surface area contributed by atoms with Crippen LogP contribution < -0.4 is 9.47 Å². The molecular weight excluding hydrogens is 358 g/mol. The summed E-state index contributed by atoms with van der Waals surface area (Å²) in [5, 5.41) is 10.2. The molecule has 0 spiro atoms. The number of imidazole rings is 1. The molecule has 2 aromatic heterocycles. The van der Waals surface area contributed by atoms with Crippen molar-refractivity contribution >= 4 is 0 Å². The van der Waals surface area contributed by atoms with Crippen LogP contribution in [-0.4, -0.2) is 47.1 Å². The maximum absolute atomic E-state index is 10.2. The molecule has 0 saturated carbocycles. The summed E-state index contributed by atoms with van der Waals surface area (Å²) < 4.78 is 18.5. The lowest BCUT2D eigenvalue weighted by Gasteiger charge is -2.22. The fraction of sp³-hybridized carbons (Fsp3) is 0.333. The van der Waals surface area contributed by atoms with E-state index in [0.717, 1.165) is 17.8 Å². The van der Waals surface area contributed by atoms with Gasteiger partial charge in [0.2, 0.25) is 5.75 Å². The second kappa shape index (κ2) is 7.90. The number of pyridine rings is 1. The SMILES string of the molecule is COc1cc(-c2nccn2[C@@H]2COC[C@H]2Cc2ccncc2)cc(OC)c1O. The van der Waals surface area contributed by atoms with Crippen molar-refractivity contribution in [2.75, 3.05) is 27.4 Å². The van der Waals surface area contributed by atoms with Crippen LogP contribution in [0.3, 0.4) is 0 Å². The van der Waals surface area contributed by atoms with Gasteiger partial charge in [0.15, 0.2) is 11.5 Å². The Hall–Kier alpha value is -3.06. The molecule has 0 bridgehead atoms. The van der Waals surface area contributed by atoms with E-state index < -0.39 is 0 Å². The predicted molar refractivity (Wildman–Crippen MR) is 104 cm³/mol. The van der Waals surface area contributed by atoms with Crippen LogP contribution in [0.4, 0.5) is 0 Å². The molecule has 1 aliphatic rings. The number of phenols is 1. The first-order valence-electron chi connectivity index (χ1n) is 9.16. The first kappa shape index (κ1) is 18.3. The number of rotatable bonds is 6. The molecule has 1 saturated heterocycles. The Kier molecular flexibility index (Phi) is 5.16. The van der Waals surface area contributed by atoms with Gasteiger partial charge in [0.1, 0.15) is 5.82 Å². The molecule has 1 N–H and O–H groups in total. The van der Waals surface area contributed by atoms with Gasteiger partial charge in [0.05, 0.1) is 33.5 Å². The third-order valence-electron chi connectivity index (χ3n) is 5.18. The van der Waals surface area contributed by atoms with Crippen LogP contribution in [-0.2, 0) is 11.2 Å². The van der Waals surface area contributed by atoms with Crippen molar-refractivity contribution in [3.8, 4) is 28.6 Å². The van der Waals surface area contributed by atoms with Gasteiger partial charge in [-0.3, -0.25) is 4.98 Å². The van der Waals surface area contributed by atoms with Crippen molar-refractivity contribution in [3.63, 3.8) is 0 Å². The molecular formula is C21H23N3O4. The van der Waals surface area contributed by atoms with Gasteiger partial charge in [-0.25, -0.2) is 4.98 Å². The number of aromatic hydroxyl groups is 1. The number of benzene rings is 1. The van der Waals surface area contributed by atoms with Gasteiger partial charge in [0.25, 0.3) is 0 Å². The summed E-state index contributed by atoms with van der Waals surface area (Å²) in [6, 6.07) is 7.78. The van der Waals surface area contributed by atoms with Crippen LogP contribution in [0.1, 0.15) is 11.6 Å². The third kappa shape index (κ3) is 3.41. The van der Waals surface area contributed by atoms with Gasteiger partial charge < -0.3 is 23.9 Å². The quantitative estimate of drug-likeness (QED) is 0.707. The van der Waals surface area contributed by atoms with Crippen LogP contribution in [0.2, 0.25) is 0 Å². The van der Waals surface area contributed by atoms with Crippen molar-refractivity contribution in [1.82, 2.24) is 14.5 Å². The highest BCUT2D eigenvalue weighted by Gasteiger charge is 2.31. The Morgan fingerprint density at radius 3 is 2.50 bits per heavy atom. The van der Waals surface area contributed by atoms with Crippen LogP contribution in [0.25, 0.3) is 11.4 Å². The van der Waals surface area contributed by atoms with Crippen LogP contribution in [0.15, 0.2) is 49.1 Å². The van der Waals surface area contributed by atoms with Crippen LogP contribution in [0, 0.1) is 5.92 Å². The van der Waals surface area contributed by atoms with Crippen molar-refractivity contribution < 1.29 is 19.3 Å². The fourth-order valence-electron chi connectivity index (χ4n) is 3.74. The van der Waals surface area contributed by atoms with Gasteiger partial charge in [0, 0.05) is 36.3 Å². The number of methoxy groups -OCH3 is 2. The lowest BCUT2D eigenvalue weighted by Crippen LogP contribution is -2.20. The van der Waals surface area contributed by atoms with E-state index in [9.17, 15) is 5.11 Å². The molecule has 146 valence electrons. The number of phenolic OH excluding ortho intramolecular Hbond substituents is 1. The second-order valence-electron chi connectivity index (χ2n) is 6.81. The zero-order valence-electron chi connectivity index (χ0n) is 15.9. The summed E-state index contributed by atoms with van der Waals surface area (Å²) in [6.07, 6.45) is 8.30. The Morgan fingerprint density at radius 2 is 1.82 bits per heavy atom. The highest BCUT2D eigenvalue weighted by Crippen LogP contribution is 2.41. The van der Waals surface area contributed by atoms with Crippen molar-refractivity contribution in [2.24, 2.45) is 5.92 Å². The summed E-state index contributed by atoms with van der Waals surface area (Å²) >= 11 is 0. The molecule has 1 aromatic carbocycles. The molecule has 0 unspecified atom stereocenters. The largest absolute Gasteiger partial charge is 0.502 e. The minimum absolute atomic E-state index is 0.0216. The summed E-state index contributed by atoms with van der Waals surface area (Å²) in [5.74, 6) is 1.79. The number of hydrogen-bond acceptors (Lipinski definition) is 6. The van der Waals surface area contributed by atoms with Crippen molar-refractivity contribution in [2.45, 2.75) is 12.5 Å². The monoisotopic (exact) mass is 381 g/mol. The Morgan fingerprint density at radius 1 is 1.11 bits per heavy atom. The van der Waals surface area contributed by atoms with E-state index in [4.69, 9.17) is 14.2 Å². The lowest BCUT2D eigenvalue weighted by atomic mass is 9.95. The van der Waals surface area contributed by atoms with Crippen LogP contribution in [0.5, 0.6) is 17.2 Å².